The maximum absolute atomic E-state index is 13.5. The minimum atomic E-state index is -0.0722. The van der Waals surface area contributed by atoms with Crippen molar-refractivity contribution >= 4 is 22.5 Å². The number of hydrogen-bond donors (Lipinski definition) is 1. The van der Waals surface area contributed by atoms with Gasteiger partial charge in [-0.2, -0.15) is 0 Å². The number of anilines is 1. The molecule has 0 aliphatic carbocycles. The Balaban J connectivity index is 1.47. The fourth-order valence-electron chi connectivity index (χ4n) is 5.52. The van der Waals surface area contributed by atoms with E-state index >= 15 is 0 Å². The van der Waals surface area contributed by atoms with Gasteiger partial charge in [-0.25, -0.2) is 0 Å². The van der Waals surface area contributed by atoms with Gasteiger partial charge in [0.15, 0.2) is 23.0 Å². The Bertz CT molecular complexity index is 1540. The largest absolute Gasteiger partial charge is 0.493 e. The van der Waals surface area contributed by atoms with Gasteiger partial charge in [0.25, 0.3) is 0 Å². The lowest BCUT2D eigenvalue weighted by atomic mass is 9.88. The van der Waals surface area contributed by atoms with E-state index in [1.54, 1.807) is 28.4 Å². The lowest BCUT2D eigenvalue weighted by Gasteiger charge is -2.37. The molecule has 0 spiro atoms. The first-order valence-electron chi connectivity index (χ1n) is 13.3. The summed E-state index contributed by atoms with van der Waals surface area (Å²) in [5, 5.41) is 4.07. The Morgan fingerprint density at radius 2 is 1.60 bits per heavy atom. The molecule has 8 heteroatoms. The first-order chi connectivity index (χ1) is 19.4. The number of methoxy groups -OCH3 is 4. The summed E-state index contributed by atoms with van der Waals surface area (Å²) in [6.07, 6.45) is 1.47. The fraction of sp³-hybridized carbons (Fsp3) is 0.312. The zero-order valence-electron chi connectivity index (χ0n) is 23.6. The normalized spacial score (nSPS) is 14.9. The van der Waals surface area contributed by atoms with E-state index in [1.807, 2.05) is 61.5 Å². The van der Waals surface area contributed by atoms with Crippen molar-refractivity contribution in [2.45, 2.75) is 25.8 Å². The quantitative estimate of drug-likeness (QED) is 0.306. The average molecular weight is 542 g/mol. The minimum absolute atomic E-state index is 0.0664. The van der Waals surface area contributed by atoms with Gasteiger partial charge in [-0.3, -0.25) is 14.7 Å². The number of ether oxygens (including phenoxy) is 4. The number of carbonyl (C=O) groups is 1. The third kappa shape index (κ3) is 5.53. The summed E-state index contributed by atoms with van der Waals surface area (Å²) < 4.78 is 22.2. The van der Waals surface area contributed by atoms with Crippen LogP contribution in [0.1, 0.15) is 28.4 Å². The molecule has 2 heterocycles. The monoisotopic (exact) mass is 541 g/mol. The lowest BCUT2D eigenvalue weighted by molar-refractivity contribution is -0.118. The molecule has 0 fully saturated rings. The molecule has 208 valence electrons. The number of carbonyl (C=O) groups excluding carboxylic acids is 1. The molecule has 1 aliphatic heterocycles. The van der Waals surface area contributed by atoms with Crippen LogP contribution in [0.2, 0.25) is 0 Å². The van der Waals surface area contributed by atoms with Crippen LogP contribution >= 0.6 is 0 Å². The van der Waals surface area contributed by atoms with Crippen LogP contribution in [0.15, 0.2) is 60.7 Å². The molecule has 8 nitrogen and oxygen atoms in total. The number of para-hydroxylation sites is 1. The van der Waals surface area contributed by atoms with Gasteiger partial charge in [0.05, 0.1) is 46.2 Å². The number of pyridine rings is 1. The Morgan fingerprint density at radius 1 is 0.900 bits per heavy atom. The Kier molecular flexibility index (Phi) is 8.07. The standard InChI is InChI=1S/C32H35N3O5/c1-20-14-26(23-8-6-7-9-25(23)33-20)34-32(36)19-35-13-12-22-17-30(39-4)31(40-5)18-24(22)27(35)15-21-10-11-28(37-2)29(16-21)38-3/h6-11,14,16-18,27H,12-13,15,19H2,1-5H3,(H,33,34,36). The van der Waals surface area contributed by atoms with Crippen LogP contribution in [0.5, 0.6) is 23.0 Å². The Labute approximate surface area is 234 Å². The predicted molar refractivity (Wildman–Crippen MR) is 156 cm³/mol. The predicted octanol–water partition coefficient (Wildman–Crippen LogP) is 5.36. The van der Waals surface area contributed by atoms with Crippen molar-refractivity contribution in [2.24, 2.45) is 0 Å². The lowest BCUT2D eigenvalue weighted by Crippen LogP contribution is -2.41. The summed E-state index contributed by atoms with van der Waals surface area (Å²) in [6.45, 7) is 2.90. The van der Waals surface area contributed by atoms with Crippen LogP contribution in [0, 0.1) is 6.92 Å². The number of amides is 1. The number of nitrogens with one attached hydrogen (secondary N) is 1. The highest BCUT2D eigenvalue weighted by Crippen LogP contribution is 2.40. The van der Waals surface area contributed by atoms with Crippen LogP contribution in [0.4, 0.5) is 5.69 Å². The highest BCUT2D eigenvalue weighted by molar-refractivity contribution is 6.01. The number of hydrogen-bond acceptors (Lipinski definition) is 7. The maximum Gasteiger partial charge on any atom is 0.238 e. The van der Waals surface area contributed by atoms with Crippen molar-refractivity contribution in [3.63, 3.8) is 0 Å². The molecular formula is C32H35N3O5. The molecule has 40 heavy (non-hydrogen) atoms. The second kappa shape index (κ2) is 11.8. The van der Waals surface area contributed by atoms with Gasteiger partial charge in [-0.15, -0.1) is 0 Å². The van der Waals surface area contributed by atoms with Gasteiger partial charge in [0, 0.05) is 23.7 Å². The van der Waals surface area contributed by atoms with Gasteiger partial charge >= 0.3 is 0 Å². The fourth-order valence-corrected chi connectivity index (χ4v) is 5.52. The number of rotatable bonds is 9. The molecule has 1 amide bonds. The van der Waals surface area contributed by atoms with E-state index in [4.69, 9.17) is 18.9 Å². The summed E-state index contributed by atoms with van der Waals surface area (Å²) in [5.41, 5.74) is 5.87. The summed E-state index contributed by atoms with van der Waals surface area (Å²) >= 11 is 0. The molecule has 4 aromatic rings. The highest BCUT2D eigenvalue weighted by atomic mass is 16.5. The van der Waals surface area contributed by atoms with Crippen molar-refractivity contribution in [1.82, 2.24) is 9.88 Å². The molecule has 5 rings (SSSR count). The average Bonchev–Trinajstić information content (AvgIpc) is 2.97. The summed E-state index contributed by atoms with van der Waals surface area (Å²) in [6, 6.07) is 19.8. The zero-order valence-corrected chi connectivity index (χ0v) is 23.6. The molecule has 0 radical (unpaired) electrons. The smallest absolute Gasteiger partial charge is 0.238 e. The van der Waals surface area contributed by atoms with Gasteiger partial charge < -0.3 is 24.3 Å². The molecule has 1 aliphatic rings. The molecule has 3 aromatic carbocycles. The number of aromatic nitrogens is 1. The molecule has 0 saturated heterocycles. The van der Waals surface area contributed by atoms with Gasteiger partial charge in [0.2, 0.25) is 5.91 Å². The molecule has 1 aromatic heterocycles. The SMILES string of the molecule is COc1ccc(CC2c3cc(OC)c(OC)cc3CCN2CC(=O)Nc2cc(C)nc3ccccc23)cc1OC. The molecule has 0 bridgehead atoms. The highest BCUT2D eigenvalue weighted by Gasteiger charge is 2.31. The summed E-state index contributed by atoms with van der Waals surface area (Å²) in [5.74, 6) is 2.66. The number of benzene rings is 3. The minimum Gasteiger partial charge on any atom is -0.493 e. The van der Waals surface area contributed by atoms with Crippen molar-refractivity contribution in [3.8, 4) is 23.0 Å². The van der Waals surface area contributed by atoms with Gasteiger partial charge in [-0.1, -0.05) is 24.3 Å². The molecule has 1 N–H and O–H groups in total. The zero-order chi connectivity index (χ0) is 28.2. The first-order valence-corrected chi connectivity index (χ1v) is 13.3. The summed E-state index contributed by atoms with van der Waals surface area (Å²) in [7, 11) is 6.55. The molecular weight excluding hydrogens is 506 g/mol. The van der Waals surface area contributed by atoms with Crippen LogP contribution in [-0.2, 0) is 17.6 Å². The van der Waals surface area contributed by atoms with E-state index in [2.05, 4.69) is 21.3 Å². The van der Waals surface area contributed by atoms with E-state index in [9.17, 15) is 4.79 Å². The Morgan fingerprint density at radius 3 is 2.35 bits per heavy atom. The van der Waals surface area contributed by atoms with Crippen molar-refractivity contribution in [2.75, 3.05) is 46.8 Å². The van der Waals surface area contributed by atoms with Crippen molar-refractivity contribution in [1.29, 1.82) is 0 Å². The van der Waals surface area contributed by atoms with Crippen LogP contribution in [0.3, 0.4) is 0 Å². The van der Waals surface area contributed by atoms with E-state index in [0.717, 1.165) is 46.4 Å². The van der Waals surface area contributed by atoms with Crippen molar-refractivity contribution in [3.05, 3.63) is 83.0 Å². The van der Waals surface area contributed by atoms with E-state index < -0.39 is 0 Å². The van der Waals surface area contributed by atoms with E-state index in [0.29, 0.717) is 29.4 Å². The number of fused-ring (bicyclic) bond motifs is 2. The van der Waals surface area contributed by atoms with E-state index in [1.165, 1.54) is 5.56 Å². The molecule has 1 unspecified atom stereocenters. The number of aryl methyl sites for hydroxylation is 1. The first kappa shape index (κ1) is 27.3. The summed E-state index contributed by atoms with van der Waals surface area (Å²) in [4.78, 5) is 20.3. The molecule has 1 atom stereocenters. The third-order valence-corrected chi connectivity index (χ3v) is 7.46. The van der Waals surface area contributed by atoms with Gasteiger partial charge in [-0.05, 0) is 72.9 Å². The second-order valence-electron chi connectivity index (χ2n) is 9.91. The third-order valence-electron chi connectivity index (χ3n) is 7.46. The van der Waals surface area contributed by atoms with E-state index in [-0.39, 0.29) is 18.5 Å². The van der Waals surface area contributed by atoms with Crippen molar-refractivity contribution < 1.29 is 23.7 Å². The number of nitrogens with zero attached hydrogens (tertiary/aromatic N) is 2. The van der Waals surface area contributed by atoms with Gasteiger partial charge in [0.1, 0.15) is 0 Å². The Hall–Kier alpha value is -4.30. The molecule has 0 saturated carbocycles. The second-order valence-corrected chi connectivity index (χ2v) is 9.91. The van der Waals surface area contributed by atoms with Crippen LogP contribution < -0.4 is 24.3 Å². The van der Waals surface area contributed by atoms with Crippen LogP contribution in [-0.4, -0.2) is 57.3 Å². The topological polar surface area (TPSA) is 82.2 Å². The van der Waals surface area contributed by atoms with Crippen LogP contribution in [0.25, 0.3) is 10.9 Å². The maximum atomic E-state index is 13.5.